The molecule has 6 heteroatoms. The van der Waals surface area contributed by atoms with Gasteiger partial charge >= 0.3 is 0 Å². The van der Waals surface area contributed by atoms with E-state index in [9.17, 15) is 0 Å². The van der Waals surface area contributed by atoms with Crippen LogP contribution in [-0.2, 0) is 6.54 Å². The van der Waals surface area contributed by atoms with Crippen LogP contribution in [0.1, 0.15) is 31.3 Å². The summed E-state index contributed by atoms with van der Waals surface area (Å²) in [5.41, 5.74) is 7.63. The van der Waals surface area contributed by atoms with Crippen molar-refractivity contribution < 1.29 is 4.52 Å². The average Bonchev–Trinajstić information content (AvgIpc) is 2.87. The van der Waals surface area contributed by atoms with Crippen molar-refractivity contribution in [1.29, 1.82) is 0 Å². The van der Waals surface area contributed by atoms with Gasteiger partial charge in [0.2, 0.25) is 11.7 Å². The first-order valence-corrected chi connectivity index (χ1v) is 6.82. The summed E-state index contributed by atoms with van der Waals surface area (Å²) in [6, 6.07) is 8.03. The summed E-state index contributed by atoms with van der Waals surface area (Å²) in [6.45, 7) is 4.82. The van der Waals surface area contributed by atoms with Crippen LogP contribution in [0.4, 0.5) is 0 Å². The predicted molar refractivity (Wildman–Crippen MR) is 86.1 cm³/mol. The number of nitrogens with zero attached hydrogens (tertiary/aromatic N) is 3. The Bertz CT molecular complexity index is 543. The molecule has 2 rings (SSSR count). The third-order valence-electron chi connectivity index (χ3n) is 3.33. The first-order valence-electron chi connectivity index (χ1n) is 6.82. The van der Waals surface area contributed by atoms with Gasteiger partial charge in [-0.1, -0.05) is 43.3 Å². The van der Waals surface area contributed by atoms with Gasteiger partial charge in [-0.15, -0.1) is 12.4 Å². The van der Waals surface area contributed by atoms with Crippen molar-refractivity contribution in [3.05, 3.63) is 35.7 Å². The van der Waals surface area contributed by atoms with E-state index in [1.807, 2.05) is 38.4 Å². The van der Waals surface area contributed by atoms with E-state index in [4.69, 9.17) is 10.3 Å². The van der Waals surface area contributed by atoms with Gasteiger partial charge in [0.25, 0.3) is 0 Å². The lowest BCUT2D eigenvalue weighted by Gasteiger charge is -2.23. The largest absolute Gasteiger partial charge is 0.337 e. The van der Waals surface area contributed by atoms with Crippen LogP contribution in [0.15, 0.2) is 28.8 Å². The standard InChI is InChI=1S/C15H22N4O.ClH/c1-10(2)13(19(3)4)15-17-14(18-20-15)12-7-5-11(9-16)6-8-12;/h5-8,10,13H,9,16H2,1-4H3;1H. The Hall–Kier alpha value is -1.43. The predicted octanol–water partition coefficient (Wildman–Crippen LogP) is 2.88. The first-order chi connectivity index (χ1) is 9.52. The highest BCUT2D eigenvalue weighted by molar-refractivity contribution is 5.85. The molecule has 2 N–H and O–H groups in total. The second-order valence-electron chi connectivity index (χ2n) is 5.51. The Balaban J connectivity index is 0.00000220. The maximum atomic E-state index is 5.59. The van der Waals surface area contributed by atoms with E-state index in [1.54, 1.807) is 0 Å². The lowest BCUT2D eigenvalue weighted by Crippen LogP contribution is -2.24. The van der Waals surface area contributed by atoms with Crippen LogP contribution < -0.4 is 5.73 Å². The smallest absolute Gasteiger partial charge is 0.244 e. The quantitative estimate of drug-likeness (QED) is 0.919. The molecule has 1 heterocycles. The van der Waals surface area contributed by atoms with Gasteiger partial charge in [-0.05, 0) is 25.6 Å². The molecule has 0 spiro atoms. The molecule has 5 nitrogen and oxygen atoms in total. The molecule has 0 aliphatic rings. The summed E-state index contributed by atoms with van der Waals surface area (Å²) in [6.07, 6.45) is 0. The molecule has 2 aromatic rings. The van der Waals surface area contributed by atoms with Gasteiger partial charge in [0.05, 0.1) is 6.04 Å². The number of rotatable bonds is 5. The van der Waals surface area contributed by atoms with Crippen LogP contribution in [-0.4, -0.2) is 29.1 Å². The van der Waals surface area contributed by atoms with Crippen LogP contribution in [0.5, 0.6) is 0 Å². The minimum Gasteiger partial charge on any atom is -0.337 e. The molecule has 0 saturated carbocycles. The van der Waals surface area contributed by atoms with Gasteiger partial charge < -0.3 is 10.3 Å². The zero-order chi connectivity index (χ0) is 14.7. The number of halogens is 1. The fourth-order valence-electron chi connectivity index (χ4n) is 2.36. The zero-order valence-corrected chi connectivity index (χ0v) is 13.7. The van der Waals surface area contributed by atoms with Crippen molar-refractivity contribution in [2.24, 2.45) is 11.7 Å². The van der Waals surface area contributed by atoms with E-state index >= 15 is 0 Å². The van der Waals surface area contributed by atoms with Crippen molar-refractivity contribution in [1.82, 2.24) is 15.0 Å². The highest BCUT2D eigenvalue weighted by Crippen LogP contribution is 2.27. The van der Waals surface area contributed by atoms with E-state index in [0.29, 0.717) is 24.2 Å². The number of aromatic nitrogens is 2. The molecule has 116 valence electrons. The van der Waals surface area contributed by atoms with Crippen LogP contribution in [0.2, 0.25) is 0 Å². The molecule has 0 aliphatic carbocycles. The van der Waals surface area contributed by atoms with Gasteiger partial charge in [-0.3, -0.25) is 4.90 Å². The molecule has 1 aromatic heterocycles. The van der Waals surface area contributed by atoms with Crippen molar-refractivity contribution in [3.63, 3.8) is 0 Å². The summed E-state index contributed by atoms with van der Waals surface area (Å²) >= 11 is 0. The van der Waals surface area contributed by atoms with Gasteiger partial charge in [0.15, 0.2) is 0 Å². The van der Waals surface area contributed by atoms with E-state index < -0.39 is 0 Å². The van der Waals surface area contributed by atoms with E-state index in [2.05, 4.69) is 28.9 Å². The van der Waals surface area contributed by atoms with Crippen LogP contribution in [0, 0.1) is 5.92 Å². The maximum Gasteiger partial charge on any atom is 0.244 e. The fourth-order valence-corrected chi connectivity index (χ4v) is 2.36. The van der Waals surface area contributed by atoms with Crippen molar-refractivity contribution in [2.75, 3.05) is 14.1 Å². The lowest BCUT2D eigenvalue weighted by molar-refractivity contribution is 0.181. The summed E-state index contributed by atoms with van der Waals surface area (Å²) in [5.74, 6) is 1.68. The Morgan fingerprint density at radius 2 is 1.81 bits per heavy atom. The molecular formula is C15H23ClN4O. The first kappa shape index (κ1) is 17.6. The second-order valence-corrected chi connectivity index (χ2v) is 5.51. The second kappa shape index (κ2) is 7.54. The lowest BCUT2D eigenvalue weighted by atomic mass is 10.0. The minimum atomic E-state index is 0. The number of nitrogens with two attached hydrogens (primary N) is 1. The number of benzene rings is 1. The molecule has 0 bridgehead atoms. The Labute approximate surface area is 131 Å². The molecule has 1 unspecified atom stereocenters. The summed E-state index contributed by atoms with van der Waals surface area (Å²) in [7, 11) is 4.04. The van der Waals surface area contributed by atoms with Crippen LogP contribution in [0.25, 0.3) is 11.4 Å². The summed E-state index contributed by atoms with van der Waals surface area (Å²) in [5, 5.41) is 4.08. The van der Waals surface area contributed by atoms with Crippen molar-refractivity contribution >= 4 is 12.4 Å². The van der Waals surface area contributed by atoms with Crippen LogP contribution >= 0.6 is 12.4 Å². The molecular weight excluding hydrogens is 288 g/mol. The number of hydrogen-bond acceptors (Lipinski definition) is 5. The third-order valence-corrected chi connectivity index (χ3v) is 3.33. The van der Waals surface area contributed by atoms with Crippen molar-refractivity contribution in [3.8, 4) is 11.4 Å². The molecule has 0 fully saturated rings. The van der Waals surface area contributed by atoms with E-state index in [-0.39, 0.29) is 18.4 Å². The SMILES string of the molecule is CC(C)C(c1nc(-c2ccc(CN)cc2)no1)N(C)C.Cl. The van der Waals surface area contributed by atoms with Gasteiger partial charge in [-0.25, -0.2) is 0 Å². The van der Waals surface area contributed by atoms with Gasteiger partial charge in [0.1, 0.15) is 0 Å². The molecule has 0 radical (unpaired) electrons. The normalized spacial score (nSPS) is 12.5. The van der Waals surface area contributed by atoms with E-state index in [1.165, 1.54) is 0 Å². The van der Waals surface area contributed by atoms with E-state index in [0.717, 1.165) is 11.1 Å². The highest BCUT2D eigenvalue weighted by atomic mass is 35.5. The number of hydrogen-bond donors (Lipinski definition) is 1. The molecule has 0 saturated heterocycles. The topological polar surface area (TPSA) is 68.2 Å². The minimum absolute atomic E-state index is 0. The van der Waals surface area contributed by atoms with Crippen molar-refractivity contribution in [2.45, 2.75) is 26.4 Å². The molecule has 1 atom stereocenters. The zero-order valence-electron chi connectivity index (χ0n) is 12.9. The monoisotopic (exact) mass is 310 g/mol. The molecule has 1 aromatic carbocycles. The van der Waals surface area contributed by atoms with Crippen LogP contribution in [0.3, 0.4) is 0 Å². The summed E-state index contributed by atoms with van der Waals surface area (Å²) < 4.78 is 5.43. The Morgan fingerprint density at radius 1 is 1.19 bits per heavy atom. The third kappa shape index (κ3) is 4.03. The Kier molecular flexibility index (Phi) is 6.33. The highest BCUT2D eigenvalue weighted by Gasteiger charge is 2.24. The fraction of sp³-hybridized carbons (Fsp3) is 0.467. The summed E-state index contributed by atoms with van der Waals surface area (Å²) in [4.78, 5) is 6.62. The van der Waals surface area contributed by atoms with Gasteiger partial charge in [-0.2, -0.15) is 4.98 Å². The molecule has 21 heavy (non-hydrogen) atoms. The Morgan fingerprint density at radius 3 is 2.29 bits per heavy atom. The molecule has 0 amide bonds. The maximum absolute atomic E-state index is 5.59. The average molecular weight is 311 g/mol. The van der Waals surface area contributed by atoms with Gasteiger partial charge in [0, 0.05) is 12.1 Å². The molecule has 0 aliphatic heterocycles.